The fraction of sp³-hybridized carbons (Fsp3) is 0.133. The van der Waals surface area contributed by atoms with Crippen LogP contribution in [0.3, 0.4) is 0 Å². The van der Waals surface area contributed by atoms with Gasteiger partial charge in [-0.1, -0.05) is 35.9 Å². The molecule has 21 heavy (non-hydrogen) atoms. The molecule has 0 amide bonds. The summed E-state index contributed by atoms with van der Waals surface area (Å²) in [7, 11) is -2.00. The zero-order valence-corrected chi connectivity index (χ0v) is 13.1. The Bertz CT molecular complexity index is 730. The van der Waals surface area contributed by atoms with Crippen LogP contribution in [0.4, 0.5) is 0 Å². The van der Waals surface area contributed by atoms with Gasteiger partial charge in [0.05, 0.1) is 12.2 Å². The highest BCUT2D eigenvalue weighted by Gasteiger charge is 2.15. The van der Waals surface area contributed by atoms with Crippen LogP contribution in [-0.2, 0) is 16.6 Å². The first-order chi connectivity index (χ1) is 9.99. The Morgan fingerprint density at radius 1 is 1.19 bits per heavy atom. The van der Waals surface area contributed by atoms with Gasteiger partial charge in [-0.05, 0) is 29.8 Å². The van der Waals surface area contributed by atoms with Gasteiger partial charge in [-0.2, -0.15) is 4.31 Å². The third-order valence-corrected chi connectivity index (χ3v) is 4.69. The Morgan fingerprint density at radius 2 is 1.90 bits per heavy atom. The summed E-state index contributed by atoms with van der Waals surface area (Å²) in [5.41, 5.74) is 1.35. The van der Waals surface area contributed by atoms with Crippen LogP contribution in [0.15, 0.2) is 54.1 Å². The molecule has 1 aromatic carbocycles. The lowest BCUT2D eigenvalue weighted by molar-refractivity contribution is 0.470. The highest BCUT2D eigenvalue weighted by atomic mass is 35.5. The Balaban J connectivity index is 2.13. The molecule has 0 N–H and O–H groups in total. The van der Waals surface area contributed by atoms with Gasteiger partial charge in [-0.3, -0.25) is 4.98 Å². The van der Waals surface area contributed by atoms with Gasteiger partial charge in [0.1, 0.15) is 0 Å². The predicted molar refractivity (Wildman–Crippen MR) is 85.1 cm³/mol. The maximum absolute atomic E-state index is 12.2. The van der Waals surface area contributed by atoms with Crippen molar-refractivity contribution >= 4 is 27.7 Å². The van der Waals surface area contributed by atoms with Crippen molar-refractivity contribution in [3.8, 4) is 0 Å². The van der Waals surface area contributed by atoms with E-state index in [1.165, 1.54) is 17.4 Å². The van der Waals surface area contributed by atoms with E-state index in [0.717, 1.165) is 5.41 Å². The molecule has 0 radical (unpaired) electrons. The molecule has 0 spiro atoms. The van der Waals surface area contributed by atoms with Crippen LogP contribution in [-0.4, -0.2) is 24.8 Å². The van der Waals surface area contributed by atoms with Crippen molar-refractivity contribution < 1.29 is 8.42 Å². The standard InChI is InChI=1S/C15H15ClN2O2S/c1-18(12-14-7-4-5-10-17-14)21(19,20)11-9-13-6-2-3-8-15(13)16/h2-11H,12H2,1H3/b11-9+. The van der Waals surface area contributed by atoms with Crippen LogP contribution in [0.1, 0.15) is 11.3 Å². The van der Waals surface area contributed by atoms with Gasteiger partial charge in [-0.15, -0.1) is 0 Å². The van der Waals surface area contributed by atoms with E-state index >= 15 is 0 Å². The average molecular weight is 323 g/mol. The van der Waals surface area contributed by atoms with E-state index in [4.69, 9.17) is 11.6 Å². The maximum atomic E-state index is 12.2. The van der Waals surface area contributed by atoms with E-state index in [0.29, 0.717) is 16.3 Å². The van der Waals surface area contributed by atoms with Gasteiger partial charge in [0.2, 0.25) is 10.0 Å². The van der Waals surface area contributed by atoms with Crippen molar-refractivity contribution in [2.75, 3.05) is 7.05 Å². The summed E-state index contributed by atoms with van der Waals surface area (Å²) in [5, 5.41) is 1.66. The van der Waals surface area contributed by atoms with Crippen molar-refractivity contribution in [3.63, 3.8) is 0 Å². The molecule has 2 aromatic rings. The third kappa shape index (κ3) is 4.39. The van der Waals surface area contributed by atoms with Crippen molar-refractivity contribution in [1.29, 1.82) is 0 Å². The lowest BCUT2D eigenvalue weighted by Gasteiger charge is -2.13. The minimum Gasteiger partial charge on any atom is -0.260 e. The molecule has 1 aromatic heterocycles. The summed E-state index contributed by atoms with van der Waals surface area (Å²) in [5.74, 6) is 0. The summed E-state index contributed by atoms with van der Waals surface area (Å²) in [6.45, 7) is 0.218. The monoisotopic (exact) mass is 322 g/mol. The quantitative estimate of drug-likeness (QED) is 0.849. The molecule has 0 fully saturated rings. The first kappa shape index (κ1) is 15.7. The van der Waals surface area contributed by atoms with Gasteiger partial charge in [0, 0.05) is 23.7 Å². The number of sulfonamides is 1. The Morgan fingerprint density at radius 3 is 2.57 bits per heavy atom. The fourth-order valence-electron chi connectivity index (χ4n) is 1.68. The number of benzene rings is 1. The van der Waals surface area contributed by atoms with E-state index in [1.807, 2.05) is 6.07 Å². The molecule has 0 aliphatic rings. The Labute approximate surface area is 129 Å². The first-order valence-corrected chi connectivity index (χ1v) is 8.16. The van der Waals surface area contributed by atoms with Crippen LogP contribution in [0, 0.1) is 0 Å². The largest absolute Gasteiger partial charge is 0.260 e. The van der Waals surface area contributed by atoms with E-state index in [9.17, 15) is 8.42 Å². The van der Waals surface area contributed by atoms with E-state index in [1.54, 1.807) is 42.6 Å². The smallest absolute Gasteiger partial charge is 0.236 e. The predicted octanol–water partition coefficient (Wildman–Crippen LogP) is 3.17. The number of aromatic nitrogens is 1. The van der Waals surface area contributed by atoms with Gasteiger partial charge < -0.3 is 0 Å². The Kier molecular flexibility index (Phi) is 5.12. The van der Waals surface area contributed by atoms with Crippen LogP contribution in [0.5, 0.6) is 0 Å². The van der Waals surface area contributed by atoms with Gasteiger partial charge >= 0.3 is 0 Å². The van der Waals surface area contributed by atoms with Gasteiger partial charge in [-0.25, -0.2) is 8.42 Å². The molecular weight excluding hydrogens is 308 g/mol. The lowest BCUT2D eigenvalue weighted by atomic mass is 10.2. The molecule has 0 aliphatic carbocycles. The number of nitrogens with zero attached hydrogens (tertiary/aromatic N) is 2. The molecule has 0 atom stereocenters. The minimum atomic E-state index is -3.52. The topological polar surface area (TPSA) is 50.3 Å². The third-order valence-electron chi connectivity index (χ3n) is 2.87. The molecule has 4 nitrogen and oxygen atoms in total. The van der Waals surface area contributed by atoms with Crippen LogP contribution >= 0.6 is 11.6 Å². The highest BCUT2D eigenvalue weighted by Crippen LogP contribution is 2.17. The normalized spacial score (nSPS) is 12.1. The van der Waals surface area contributed by atoms with Crippen LogP contribution in [0.2, 0.25) is 5.02 Å². The molecule has 0 bridgehead atoms. The molecular formula is C15H15ClN2O2S. The second-order valence-corrected chi connectivity index (χ2v) is 6.78. The summed E-state index contributed by atoms with van der Waals surface area (Å²) in [6, 6.07) is 12.5. The summed E-state index contributed by atoms with van der Waals surface area (Å²) in [6.07, 6.45) is 3.13. The van der Waals surface area contributed by atoms with Crippen LogP contribution in [0.25, 0.3) is 6.08 Å². The molecule has 0 aliphatic heterocycles. The molecule has 6 heteroatoms. The second kappa shape index (κ2) is 6.85. The van der Waals surface area contributed by atoms with Crippen molar-refractivity contribution in [3.05, 3.63) is 70.3 Å². The molecule has 0 saturated heterocycles. The molecule has 110 valence electrons. The molecule has 1 heterocycles. The first-order valence-electron chi connectivity index (χ1n) is 6.28. The molecule has 0 saturated carbocycles. The number of pyridine rings is 1. The van der Waals surface area contributed by atoms with E-state index in [-0.39, 0.29) is 6.54 Å². The SMILES string of the molecule is CN(Cc1ccccn1)S(=O)(=O)/C=C/c1ccccc1Cl. The fourth-order valence-corrected chi connectivity index (χ4v) is 2.72. The minimum absolute atomic E-state index is 0.218. The van der Waals surface area contributed by atoms with E-state index in [2.05, 4.69) is 4.98 Å². The second-order valence-electron chi connectivity index (χ2n) is 4.45. The lowest BCUT2D eigenvalue weighted by Crippen LogP contribution is -2.24. The van der Waals surface area contributed by atoms with Gasteiger partial charge in [0.25, 0.3) is 0 Å². The van der Waals surface area contributed by atoms with Crippen molar-refractivity contribution in [2.45, 2.75) is 6.54 Å². The maximum Gasteiger partial charge on any atom is 0.236 e. The van der Waals surface area contributed by atoms with Crippen LogP contribution < -0.4 is 0 Å². The van der Waals surface area contributed by atoms with Gasteiger partial charge in [0.15, 0.2) is 0 Å². The number of halogens is 1. The zero-order chi connectivity index (χ0) is 15.3. The van der Waals surface area contributed by atoms with E-state index < -0.39 is 10.0 Å². The van der Waals surface area contributed by atoms with Crippen molar-refractivity contribution in [1.82, 2.24) is 9.29 Å². The summed E-state index contributed by atoms with van der Waals surface area (Å²) >= 11 is 5.99. The molecule has 2 rings (SSSR count). The molecule has 0 unspecified atom stereocenters. The number of hydrogen-bond donors (Lipinski definition) is 0. The highest BCUT2D eigenvalue weighted by molar-refractivity contribution is 7.92. The number of rotatable bonds is 5. The summed E-state index contributed by atoms with van der Waals surface area (Å²) < 4.78 is 25.6. The number of hydrogen-bond acceptors (Lipinski definition) is 3. The zero-order valence-electron chi connectivity index (χ0n) is 11.5. The van der Waals surface area contributed by atoms with Crippen molar-refractivity contribution in [2.24, 2.45) is 0 Å². The average Bonchev–Trinajstić information content (AvgIpc) is 2.47. The summed E-state index contributed by atoms with van der Waals surface area (Å²) in [4.78, 5) is 4.11. The Hall–Kier alpha value is -1.69.